The van der Waals surface area contributed by atoms with E-state index in [2.05, 4.69) is 25.4 Å². The molecule has 0 fully saturated rings. The number of halogens is 1. The fraction of sp³-hybridized carbons (Fsp3) is 0. The maximum atomic E-state index is 12.8. The lowest BCUT2D eigenvalue weighted by Crippen LogP contribution is -1.84. The van der Waals surface area contributed by atoms with Gasteiger partial charge in [0, 0.05) is 11.8 Å². The molecule has 2 aromatic heterocycles. The normalized spacial score (nSPS) is 10.6. The van der Waals surface area contributed by atoms with Gasteiger partial charge in [-0.15, -0.1) is 5.10 Å². The fourth-order valence-corrected chi connectivity index (χ4v) is 1.61. The zero-order valence-corrected chi connectivity index (χ0v) is 8.68. The number of hydrogen-bond acceptors (Lipinski definition) is 3. The van der Waals surface area contributed by atoms with E-state index < -0.39 is 0 Å². The Morgan fingerprint density at radius 1 is 1.12 bits per heavy atom. The van der Waals surface area contributed by atoms with Crippen LogP contribution in [0.15, 0.2) is 36.8 Å². The molecule has 2 heterocycles. The Kier molecular flexibility index (Phi) is 2.18. The van der Waals surface area contributed by atoms with Crippen molar-refractivity contribution in [3.8, 4) is 22.6 Å². The van der Waals surface area contributed by atoms with Gasteiger partial charge in [-0.2, -0.15) is 0 Å². The number of H-pyrrole nitrogens is 2. The zero-order valence-electron chi connectivity index (χ0n) is 8.68. The number of aromatic amines is 2. The second kappa shape index (κ2) is 3.82. The largest absolute Gasteiger partial charge is 0.351 e. The third-order valence-corrected chi connectivity index (χ3v) is 2.42. The molecule has 0 saturated heterocycles. The molecule has 0 spiro atoms. The lowest BCUT2D eigenvalue weighted by atomic mass is 10.1. The first-order chi connectivity index (χ1) is 8.34. The van der Waals surface area contributed by atoms with Crippen molar-refractivity contribution in [2.24, 2.45) is 0 Å². The Balaban J connectivity index is 2.10. The van der Waals surface area contributed by atoms with Gasteiger partial charge in [-0.05, 0) is 24.3 Å². The van der Waals surface area contributed by atoms with E-state index in [1.54, 1.807) is 24.7 Å². The van der Waals surface area contributed by atoms with E-state index in [4.69, 9.17) is 0 Å². The predicted octanol–water partition coefficient (Wildman–Crippen LogP) is 2.00. The highest BCUT2D eigenvalue weighted by Crippen LogP contribution is 2.26. The summed E-state index contributed by atoms with van der Waals surface area (Å²) in [5, 5.41) is 10.5. The fourth-order valence-electron chi connectivity index (χ4n) is 1.61. The second-order valence-electron chi connectivity index (χ2n) is 3.50. The van der Waals surface area contributed by atoms with Crippen molar-refractivity contribution in [1.29, 1.82) is 0 Å². The smallest absolute Gasteiger partial charge is 0.123 e. The Hall–Kier alpha value is -2.50. The van der Waals surface area contributed by atoms with Crippen LogP contribution >= 0.6 is 0 Å². The zero-order chi connectivity index (χ0) is 11.7. The van der Waals surface area contributed by atoms with Crippen molar-refractivity contribution in [1.82, 2.24) is 25.4 Å². The molecule has 84 valence electrons. The van der Waals surface area contributed by atoms with Crippen LogP contribution in [0.25, 0.3) is 22.6 Å². The van der Waals surface area contributed by atoms with Crippen LogP contribution in [0.4, 0.5) is 4.39 Å². The summed E-state index contributed by atoms with van der Waals surface area (Å²) in [6.45, 7) is 0. The Labute approximate surface area is 95.7 Å². The van der Waals surface area contributed by atoms with Crippen LogP contribution in [0, 0.1) is 5.82 Å². The molecule has 0 bridgehead atoms. The van der Waals surface area contributed by atoms with Gasteiger partial charge in [-0.25, -0.2) is 9.37 Å². The van der Waals surface area contributed by atoms with Crippen molar-refractivity contribution >= 4 is 0 Å². The maximum Gasteiger partial charge on any atom is 0.123 e. The van der Waals surface area contributed by atoms with Crippen LogP contribution in [0.3, 0.4) is 0 Å². The number of nitrogens with one attached hydrogen (secondary N) is 2. The molecule has 6 heteroatoms. The second-order valence-corrected chi connectivity index (χ2v) is 3.50. The third-order valence-electron chi connectivity index (χ3n) is 2.42. The molecule has 0 saturated carbocycles. The van der Waals surface area contributed by atoms with Crippen molar-refractivity contribution < 1.29 is 4.39 Å². The Morgan fingerprint density at radius 2 is 1.94 bits per heavy atom. The van der Waals surface area contributed by atoms with Crippen LogP contribution in [-0.4, -0.2) is 25.4 Å². The van der Waals surface area contributed by atoms with Gasteiger partial charge < -0.3 is 4.98 Å². The van der Waals surface area contributed by atoms with Gasteiger partial charge in [0.2, 0.25) is 0 Å². The van der Waals surface area contributed by atoms with E-state index in [1.807, 2.05) is 0 Å². The summed E-state index contributed by atoms with van der Waals surface area (Å²) in [6.07, 6.45) is 3.31. The van der Waals surface area contributed by atoms with Crippen molar-refractivity contribution in [3.63, 3.8) is 0 Å². The van der Waals surface area contributed by atoms with Gasteiger partial charge >= 0.3 is 0 Å². The van der Waals surface area contributed by atoms with Gasteiger partial charge in [0.05, 0.1) is 6.33 Å². The van der Waals surface area contributed by atoms with Crippen molar-refractivity contribution in [2.75, 3.05) is 0 Å². The summed E-state index contributed by atoms with van der Waals surface area (Å²) in [5.74, 6) is -0.279. The predicted molar refractivity (Wildman–Crippen MR) is 59.4 cm³/mol. The Bertz CT molecular complexity index is 612. The maximum absolute atomic E-state index is 12.8. The van der Waals surface area contributed by atoms with Crippen LogP contribution in [0.5, 0.6) is 0 Å². The highest BCUT2D eigenvalue weighted by molar-refractivity contribution is 5.75. The van der Waals surface area contributed by atoms with E-state index >= 15 is 0 Å². The number of nitrogens with zero attached hydrogens (tertiary/aromatic N) is 3. The first-order valence-corrected chi connectivity index (χ1v) is 5.01. The topological polar surface area (TPSA) is 70.2 Å². The molecule has 1 aromatic carbocycles. The minimum absolute atomic E-state index is 0.279. The SMILES string of the molecule is Fc1ccc(-c2nn[nH]c2-c2c[nH]cn2)cc1. The molecule has 0 aliphatic carbocycles. The molecular formula is C11H8FN5. The molecule has 0 aliphatic rings. The van der Waals surface area contributed by atoms with Crippen molar-refractivity contribution in [2.45, 2.75) is 0 Å². The summed E-state index contributed by atoms with van der Waals surface area (Å²) in [7, 11) is 0. The molecular weight excluding hydrogens is 221 g/mol. The third kappa shape index (κ3) is 1.69. The summed E-state index contributed by atoms with van der Waals surface area (Å²) < 4.78 is 12.8. The number of hydrogen-bond donors (Lipinski definition) is 2. The summed E-state index contributed by atoms with van der Waals surface area (Å²) >= 11 is 0. The lowest BCUT2D eigenvalue weighted by molar-refractivity contribution is 0.628. The van der Waals surface area contributed by atoms with Gasteiger partial charge in [0.15, 0.2) is 0 Å². The molecule has 0 radical (unpaired) electrons. The summed E-state index contributed by atoms with van der Waals surface area (Å²) in [5.41, 5.74) is 2.86. The van der Waals surface area contributed by atoms with Gasteiger partial charge in [0.25, 0.3) is 0 Å². The number of rotatable bonds is 2. The summed E-state index contributed by atoms with van der Waals surface area (Å²) in [6, 6.07) is 6.09. The highest BCUT2D eigenvalue weighted by Gasteiger charge is 2.12. The van der Waals surface area contributed by atoms with Gasteiger partial charge in [-0.3, -0.25) is 5.10 Å². The molecule has 0 amide bonds. The molecule has 3 rings (SSSR count). The Morgan fingerprint density at radius 3 is 2.65 bits per heavy atom. The average Bonchev–Trinajstić information content (AvgIpc) is 3.00. The van der Waals surface area contributed by atoms with Crippen LogP contribution in [-0.2, 0) is 0 Å². The molecule has 0 atom stereocenters. The van der Waals surface area contributed by atoms with E-state index in [0.29, 0.717) is 17.1 Å². The first kappa shape index (κ1) is 9.71. The van der Waals surface area contributed by atoms with E-state index in [0.717, 1.165) is 5.56 Å². The van der Waals surface area contributed by atoms with Gasteiger partial charge in [0.1, 0.15) is 22.9 Å². The van der Waals surface area contributed by atoms with Crippen LogP contribution in [0.1, 0.15) is 0 Å². The van der Waals surface area contributed by atoms with E-state index in [9.17, 15) is 4.39 Å². The molecule has 2 N–H and O–H groups in total. The minimum atomic E-state index is -0.279. The molecule has 3 aromatic rings. The highest BCUT2D eigenvalue weighted by atomic mass is 19.1. The van der Waals surface area contributed by atoms with E-state index in [-0.39, 0.29) is 5.82 Å². The first-order valence-electron chi connectivity index (χ1n) is 5.01. The van der Waals surface area contributed by atoms with Crippen LogP contribution in [0.2, 0.25) is 0 Å². The molecule has 17 heavy (non-hydrogen) atoms. The summed E-state index contributed by atoms with van der Waals surface area (Å²) in [4.78, 5) is 6.98. The van der Waals surface area contributed by atoms with E-state index in [1.165, 1.54) is 12.1 Å². The number of benzene rings is 1. The quantitative estimate of drug-likeness (QED) is 0.706. The van der Waals surface area contributed by atoms with Crippen molar-refractivity contribution in [3.05, 3.63) is 42.6 Å². The molecule has 5 nitrogen and oxygen atoms in total. The average molecular weight is 229 g/mol. The van der Waals surface area contributed by atoms with Gasteiger partial charge in [-0.1, -0.05) is 5.21 Å². The minimum Gasteiger partial charge on any atom is -0.351 e. The molecule has 0 unspecified atom stereocenters. The lowest BCUT2D eigenvalue weighted by Gasteiger charge is -1.98. The van der Waals surface area contributed by atoms with Crippen LogP contribution < -0.4 is 0 Å². The molecule has 0 aliphatic heterocycles. The monoisotopic (exact) mass is 229 g/mol. The number of imidazole rings is 1. The standard InChI is InChI=1S/C11H8FN5/c12-8-3-1-7(2-4-8)10-11(16-17-15-10)9-5-13-6-14-9/h1-6H,(H,13,14)(H,15,16,17). The number of aromatic nitrogens is 5.